The number of nitrogens with two attached hydrogens (primary N) is 2. The van der Waals surface area contributed by atoms with Crippen molar-refractivity contribution in [1.82, 2.24) is 5.01 Å². The summed E-state index contributed by atoms with van der Waals surface area (Å²) in [6.07, 6.45) is 18.6. The van der Waals surface area contributed by atoms with Gasteiger partial charge in [0.15, 0.2) is 12.4 Å². The molecular weight excluding hydrogens is 580 g/mol. The summed E-state index contributed by atoms with van der Waals surface area (Å²) >= 11 is 0. The second-order valence-electron chi connectivity index (χ2n) is 10.9. The van der Waals surface area contributed by atoms with E-state index in [0.717, 1.165) is 32.3 Å². The van der Waals surface area contributed by atoms with Gasteiger partial charge in [0.25, 0.3) is 0 Å². The van der Waals surface area contributed by atoms with Crippen LogP contribution in [-0.4, -0.2) is 35.7 Å². The largest absolute Gasteiger partial charge is 0.322 e. The van der Waals surface area contributed by atoms with Crippen molar-refractivity contribution in [2.24, 2.45) is 7.05 Å². The Bertz CT molecular complexity index is 1990. The van der Waals surface area contributed by atoms with Gasteiger partial charge in [-0.05, 0) is 71.5 Å². The minimum Gasteiger partial charge on any atom is -0.322 e. The lowest BCUT2D eigenvalue weighted by Crippen LogP contribution is -2.91. The molecule has 10 heteroatoms. The number of pyridine rings is 2. The lowest BCUT2D eigenvalue weighted by molar-refractivity contribution is -0.710. The molecule has 0 saturated heterocycles. The van der Waals surface area contributed by atoms with Gasteiger partial charge in [0.05, 0.1) is 35.5 Å². The normalized spacial score (nSPS) is 15.3. The summed E-state index contributed by atoms with van der Waals surface area (Å²) in [5.74, 6) is -2.14. The third-order valence-corrected chi connectivity index (χ3v) is 8.20. The Morgan fingerprint density at radius 2 is 1.07 bits per heavy atom. The highest BCUT2D eigenvalue weighted by Gasteiger charge is 2.44. The Kier molecular flexibility index (Phi) is 8.06. The van der Waals surface area contributed by atoms with E-state index in [1.54, 1.807) is 42.9 Å². The minimum atomic E-state index is -0.545. The molecule has 0 fully saturated rings. The van der Waals surface area contributed by atoms with E-state index in [2.05, 4.69) is 0 Å². The number of hydrogen-bond donors (Lipinski definition) is 2. The van der Waals surface area contributed by atoms with E-state index in [0.29, 0.717) is 10.8 Å². The van der Waals surface area contributed by atoms with Crippen LogP contribution in [0.5, 0.6) is 0 Å². The van der Waals surface area contributed by atoms with Gasteiger partial charge in [-0.25, -0.2) is 9.99 Å². The van der Waals surface area contributed by atoms with Crippen LogP contribution in [0.15, 0.2) is 110 Å². The maximum absolute atomic E-state index is 13.8. The number of quaternary nitrogens is 2. The van der Waals surface area contributed by atoms with E-state index in [1.807, 2.05) is 105 Å². The fourth-order valence-electron chi connectivity index (χ4n) is 5.81. The molecule has 4 heterocycles. The molecule has 2 aromatic carbocycles. The molecular formula is C36H34N6O4+4. The van der Waals surface area contributed by atoms with Crippen LogP contribution in [0.2, 0.25) is 0 Å². The number of nitrogens with zero attached hydrogens (tertiary/aromatic N) is 4. The van der Waals surface area contributed by atoms with Crippen LogP contribution in [-0.2, 0) is 7.05 Å². The second-order valence-corrected chi connectivity index (χ2v) is 10.9. The third-order valence-electron chi connectivity index (χ3n) is 8.20. The first kappa shape index (κ1) is 30.2. The average Bonchev–Trinajstić information content (AvgIpc) is 3.07. The topological polar surface area (TPSA) is 116 Å². The lowest BCUT2D eigenvalue weighted by atomic mass is 9.86. The molecule has 0 spiro atoms. The van der Waals surface area contributed by atoms with Gasteiger partial charge in [-0.2, -0.15) is 0 Å². The van der Waals surface area contributed by atoms with Gasteiger partial charge in [-0.3, -0.25) is 19.2 Å². The number of imide groups is 2. The predicted molar refractivity (Wildman–Crippen MR) is 171 cm³/mol. The number of aryl methyl sites for hydroxylation is 1. The summed E-state index contributed by atoms with van der Waals surface area (Å²) in [6, 6.07) is 13.9. The van der Waals surface area contributed by atoms with Crippen molar-refractivity contribution in [2.45, 2.75) is 13.8 Å². The molecule has 0 aliphatic carbocycles. The minimum absolute atomic E-state index is 0.245. The summed E-state index contributed by atoms with van der Waals surface area (Å²) in [4.78, 5) is 54.9. The van der Waals surface area contributed by atoms with Gasteiger partial charge < -0.3 is 5.32 Å². The molecule has 0 saturated carbocycles. The second kappa shape index (κ2) is 12.3. The molecule has 0 atom stereocenters. The molecule has 2 aromatic heterocycles. The zero-order valence-corrected chi connectivity index (χ0v) is 26.0. The number of rotatable bonds is 8. The molecule has 6 rings (SSSR count). The maximum atomic E-state index is 13.8. The Balaban J connectivity index is 1.31. The average molecular weight is 615 g/mol. The third kappa shape index (κ3) is 5.05. The van der Waals surface area contributed by atoms with Crippen LogP contribution >= 0.6 is 0 Å². The highest BCUT2D eigenvalue weighted by Crippen LogP contribution is 2.36. The van der Waals surface area contributed by atoms with E-state index in [4.69, 9.17) is 0 Å². The number of benzene rings is 2. The van der Waals surface area contributed by atoms with Crippen molar-refractivity contribution >= 4 is 45.5 Å². The van der Waals surface area contributed by atoms with Crippen molar-refractivity contribution in [2.75, 3.05) is 12.1 Å². The molecule has 4 amide bonds. The van der Waals surface area contributed by atoms with Gasteiger partial charge in [0.2, 0.25) is 12.4 Å². The molecule has 2 aliphatic rings. The van der Waals surface area contributed by atoms with Gasteiger partial charge >= 0.3 is 23.6 Å². The van der Waals surface area contributed by atoms with Crippen LogP contribution in [0.25, 0.3) is 21.9 Å². The van der Waals surface area contributed by atoms with Crippen LogP contribution in [0.4, 0.5) is 0 Å². The van der Waals surface area contributed by atoms with Gasteiger partial charge in [0, 0.05) is 41.1 Å². The SMILES string of the molecule is C/C=C(\C=C/[NH2+]N1C(=O)c2ccc3c4c(ccc(c24)C1=O)C(=O)N([n+]1ccc(C(/C=C\[NH2+]C)=C/C)cc1)C3=O)c1cc[n+](C)cc1. The highest BCUT2D eigenvalue weighted by atomic mass is 16.2. The number of carbonyl (C=O) groups is 4. The summed E-state index contributed by atoms with van der Waals surface area (Å²) in [6.45, 7) is 3.86. The van der Waals surface area contributed by atoms with Crippen LogP contribution in [0.1, 0.15) is 66.4 Å². The Morgan fingerprint density at radius 3 is 1.52 bits per heavy atom. The molecule has 4 N–H and O–H groups in total. The van der Waals surface area contributed by atoms with Crippen molar-refractivity contribution in [3.05, 3.63) is 143 Å². The first-order chi connectivity index (χ1) is 22.3. The summed E-state index contributed by atoms with van der Waals surface area (Å²) in [5, 5.41) is 4.71. The molecule has 0 bridgehead atoms. The lowest BCUT2D eigenvalue weighted by Gasteiger charge is -2.27. The summed E-state index contributed by atoms with van der Waals surface area (Å²) in [7, 11) is 3.88. The van der Waals surface area contributed by atoms with E-state index >= 15 is 0 Å². The first-order valence-corrected chi connectivity index (χ1v) is 14.9. The first-order valence-electron chi connectivity index (χ1n) is 14.9. The molecule has 0 radical (unpaired) electrons. The van der Waals surface area contributed by atoms with Crippen molar-refractivity contribution in [3.8, 4) is 0 Å². The molecule has 4 aromatic rings. The quantitative estimate of drug-likeness (QED) is 0.103. The monoisotopic (exact) mass is 614 g/mol. The highest BCUT2D eigenvalue weighted by molar-refractivity contribution is 6.36. The molecule has 46 heavy (non-hydrogen) atoms. The summed E-state index contributed by atoms with van der Waals surface area (Å²) in [5.41, 5.74) is 6.29. The van der Waals surface area contributed by atoms with Crippen LogP contribution in [0.3, 0.4) is 0 Å². The van der Waals surface area contributed by atoms with E-state index in [-0.39, 0.29) is 22.3 Å². The van der Waals surface area contributed by atoms with E-state index in [9.17, 15) is 19.2 Å². The Labute approximate surface area is 265 Å². The van der Waals surface area contributed by atoms with Crippen LogP contribution in [0, 0.1) is 0 Å². The van der Waals surface area contributed by atoms with Gasteiger partial charge in [-0.1, -0.05) is 16.8 Å². The number of amides is 4. The van der Waals surface area contributed by atoms with Gasteiger partial charge in [-0.15, -0.1) is 5.01 Å². The standard InChI is InChI=1S/C36H32N6O4/c1-5-23(11-17-37-3)26-15-21-40(22-16-26)42-35(45)29-9-7-27-31-28(8-10-30(32(29)31)36(42)46)34(44)41(33(27)43)38-18-12-24(6-2)25-13-19-39(4)20-14-25/h5-22,37-38H,1-4H3/q+2/p+2/b17-11-,18-12-,23-5+,24-6+. The van der Waals surface area contributed by atoms with Crippen molar-refractivity contribution in [3.63, 3.8) is 0 Å². The molecule has 2 aliphatic heterocycles. The number of carbonyl (C=O) groups excluding carboxylic acids is 4. The fourth-order valence-corrected chi connectivity index (χ4v) is 5.81. The fraction of sp³-hybridized carbons (Fsp3) is 0.111. The zero-order chi connectivity index (χ0) is 32.5. The molecule has 10 nitrogen and oxygen atoms in total. The predicted octanol–water partition coefficient (Wildman–Crippen LogP) is 1.69. The smallest absolute Gasteiger partial charge is 0.318 e. The zero-order valence-electron chi connectivity index (χ0n) is 26.0. The van der Waals surface area contributed by atoms with Crippen molar-refractivity contribution < 1.29 is 39.2 Å². The van der Waals surface area contributed by atoms with E-state index in [1.165, 1.54) is 10.1 Å². The Hall–Kier alpha value is -5.84. The summed E-state index contributed by atoms with van der Waals surface area (Å²) < 4.78 is 3.39. The molecule has 228 valence electrons. The van der Waals surface area contributed by atoms with Crippen LogP contribution < -0.4 is 25.0 Å². The van der Waals surface area contributed by atoms with Gasteiger partial charge in [0.1, 0.15) is 13.2 Å². The Morgan fingerprint density at radius 1 is 0.630 bits per heavy atom. The maximum Gasteiger partial charge on any atom is 0.318 e. The number of allylic oxidation sites excluding steroid dienone is 6. The molecule has 0 unspecified atom stereocenters. The van der Waals surface area contributed by atoms with E-state index < -0.39 is 23.6 Å². The number of hydrogen-bond acceptors (Lipinski definition) is 4. The van der Waals surface area contributed by atoms with Crippen molar-refractivity contribution in [1.29, 1.82) is 0 Å². The number of aromatic nitrogens is 2.